The van der Waals surface area contributed by atoms with Gasteiger partial charge in [-0.15, -0.1) is 0 Å². The average molecular weight is 415 g/mol. The van der Waals surface area contributed by atoms with E-state index in [4.69, 9.17) is 9.16 Å². The van der Waals surface area contributed by atoms with Gasteiger partial charge < -0.3 is 14.3 Å². The molecule has 1 heterocycles. The van der Waals surface area contributed by atoms with Crippen LogP contribution in [0.15, 0.2) is 60.7 Å². The molecule has 1 aliphatic carbocycles. The molecule has 1 saturated heterocycles. The van der Waals surface area contributed by atoms with Crippen molar-refractivity contribution in [1.29, 1.82) is 0 Å². The van der Waals surface area contributed by atoms with E-state index in [9.17, 15) is 9.50 Å². The maximum Gasteiger partial charge on any atom is 0.261 e. The normalized spacial score (nSPS) is 29.8. The summed E-state index contributed by atoms with van der Waals surface area (Å²) in [4.78, 5) is 0. The second kappa shape index (κ2) is 7.95. The fourth-order valence-corrected chi connectivity index (χ4v) is 9.90. The summed E-state index contributed by atoms with van der Waals surface area (Å²) in [5, 5.41) is 12.1. The lowest BCUT2D eigenvalue weighted by Gasteiger charge is -2.44. The molecular formula is C24H31FO3Si. The summed E-state index contributed by atoms with van der Waals surface area (Å²) in [5.41, 5.74) is 0. The van der Waals surface area contributed by atoms with Crippen LogP contribution >= 0.6 is 0 Å². The van der Waals surface area contributed by atoms with Crippen molar-refractivity contribution < 1.29 is 18.7 Å². The predicted octanol–water partition coefficient (Wildman–Crippen LogP) is 3.64. The lowest BCUT2D eigenvalue weighted by atomic mass is 9.93. The Labute approximate surface area is 174 Å². The molecule has 29 heavy (non-hydrogen) atoms. The van der Waals surface area contributed by atoms with E-state index in [1.807, 2.05) is 12.1 Å². The van der Waals surface area contributed by atoms with Crippen LogP contribution in [0.3, 0.4) is 0 Å². The van der Waals surface area contributed by atoms with Crippen molar-refractivity contribution in [2.75, 3.05) is 6.61 Å². The molecule has 1 N–H and O–H groups in total. The van der Waals surface area contributed by atoms with Gasteiger partial charge in [-0.3, -0.25) is 0 Å². The number of alkyl halides is 1. The van der Waals surface area contributed by atoms with E-state index >= 15 is 0 Å². The molecular weight excluding hydrogens is 383 g/mol. The zero-order chi connectivity index (χ0) is 20.6. The number of benzene rings is 2. The van der Waals surface area contributed by atoms with E-state index in [2.05, 4.69) is 69.3 Å². The van der Waals surface area contributed by atoms with Crippen LogP contribution in [-0.4, -0.2) is 38.6 Å². The molecule has 0 spiro atoms. The number of hydrogen-bond donors (Lipinski definition) is 1. The fraction of sp³-hybridized carbons (Fsp3) is 0.500. The summed E-state index contributed by atoms with van der Waals surface area (Å²) in [7, 11) is -2.68. The van der Waals surface area contributed by atoms with E-state index in [0.717, 1.165) is 0 Å². The van der Waals surface area contributed by atoms with Gasteiger partial charge in [0.2, 0.25) is 0 Å². The molecule has 1 unspecified atom stereocenters. The van der Waals surface area contributed by atoms with Crippen molar-refractivity contribution in [3.63, 3.8) is 0 Å². The third-order valence-corrected chi connectivity index (χ3v) is 11.7. The summed E-state index contributed by atoms with van der Waals surface area (Å²) in [6.07, 6.45) is -1.05. The maximum absolute atomic E-state index is 14.9. The van der Waals surface area contributed by atoms with Gasteiger partial charge in [-0.1, -0.05) is 81.4 Å². The third kappa shape index (κ3) is 3.70. The van der Waals surface area contributed by atoms with Gasteiger partial charge >= 0.3 is 0 Å². The molecule has 5 heteroatoms. The Morgan fingerprint density at radius 1 is 1.00 bits per heavy atom. The second-order valence-electron chi connectivity index (χ2n) is 9.42. The molecule has 2 aliphatic rings. The van der Waals surface area contributed by atoms with E-state index in [1.54, 1.807) is 0 Å². The molecule has 2 aromatic carbocycles. The zero-order valence-corrected chi connectivity index (χ0v) is 18.4. The summed E-state index contributed by atoms with van der Waals surface area (Å²) in [5.74, 6) is -0.211. The molecule has 0 amide bonds. The Balaban J connectivity index is 1.71. The minimum atomic E-state index is -2.68. The molecule has 3 nitrogen and oxygen atoms in total. The molecule has 2 fully saturated rings. The van der Waals surface area contributed by atoms with Gasteiger partial charge in [0.15, 0.2) is 6.29 Å². The minimum absolute atomic E-state index is 0.0261. The summed E-state index contributed by atoms with van der Waals surface area (Å²) in [6, 6.07) is 20.9. The Kier molecular flexibility index (Phi) is 5.68. The number of rotatable bonds is 5. The van der Waals surface area contributed by atoms with Gasteiger partial charge in [0.25, 0.3) is 8.32 Å². The van der Waals surface area contributed by atoms with Crippen molar-refractivity contribution in [2.24, 2.45) is 11.8 Å². The van der Waals surface area contributed by atoms with Crippen LogP contribution in [0.1, 0.15) is 33.6 Å². The lowest BCUT2D eigenvalue weighted by Crippen LogP contribution is -2.67. The molecule has 2 aromatic rings. The van der Waals surface area contributed by atoms with Crippen molar-refractivity contribution in [2.45, 2.75) is 57.2 Å². The van der Waals surface area contributed by atoms with Crippen LogP contribution in [0, 0.1) is 11.8 Å². The summed E-state index contributed by atoms with van der Waals surface area (Å²) >= 11 is 0. The number of hydrogen-bond acceptors (Lipinski definition) is 3. The number of aliphatic hydroxyl groups excluding tert-OH is 1. The van der Waals surface area contributed by atoms with Crippen LogP contribution in [0.2, 0.25) is 5.04 Å². The number of aliphatic hydroxyl groups is 1. The zero-order valence-electron chi connectivity index (χ0n) is 17.4. The average Bonchev–Trinajstić information content (AvgIpc) is 3.18. The number of halogens is 1. The van der Waals surface area contributed by atoms with E-state index in [-0.39, 0.29) is 23.0 Å². The van der Waals surface area contributed by atoms with Crippen LogP contribution in [0.4, 0.5) is 4.39 Å². The Bertz CT molecular complexity index is 768. The molecule has 0 bridgehead atoms. The highest BCUT2D eigenvalue weighted by molar-refractivity contribution is 6.99. The Hall–Kier alpha value is -1.53. The van der Waals surface area contributed by atoms with Gasteiger partial charge in [-0.05, 0) is 21.3 Å². The first-order chi connectivity index (χ1) is 13.8. The van der Waals surface area contributed by atoms with Crippen molar-refractivity contribution in [1.82, 2.24) is 0 Å². The van der Waals surface area contributed by atoms with E-state index in [0.29, 0.717) is 19.4 Å². The highest BCUT2D eigenvalue weighted by Gasteiger charge is 2.54. The molecule has 4 rings (SSSR count). The molecule has 1 aliphatic heterocycles. The first-order valence-corrected chi connectivity index (χ1v) is 12.5. The number of ether oxygens (including phenoxy) is 1. The van der Waals surface area contributed by atoms with Crippen LogP contribution in [0.25, 0.3) is 0 Å². The Morgan fingerprint density at radius 3 is 2.07 bits per heavy atom. The number of fused-ring (bicyclic) bond motifs is 1. The second-order valence-corrected chi connectivity index (χ2v) is 13.7. The standard InChI is InChI=1S/C24H31FO3Si/c1-24(2,3)29(17-10-6-4-7-11-17,18-12-8-5-9-13-18)27-16-20-19-14-23(26)28-22(19)15-21(20)25/h4-13,19-23,26H,14-16H2,1-3H3/t19-,20-,21+,22+,23?/m1/s1. The van der Waals surface area contributed by atoms with Gasteiger partial charge in [0.05, 0.1) is 6.10 Å². The van der Waals surface area contributed by atoms with Crippen molar-refractivity contribution in [3.8, 4) is 0 Å². The van der Waals surface area contributed by atoms with Gasteiger partial charge in [0.1, 0.15) is 6.17 Å². The minimum Gasteiger partial charge on any atom is -0.407 e. The van der Waals surface area contributed by atoms with Crippen LogP contribution in [0.5, 0.6) is 0 Å². The molecule has 156 valence electrons. The monoisotopic (exact) mass is 414 g/mol. The van der Waals surface area contributed by atoms with E-state index < -0.39 is 20.8 Å². The topological polar surface area (TPSA) is 38.7 Å². The highest BCUT2D eigenvalue weighted by Crippen LogP contribution is 2.45. The summed E-state index contributed by atoms with van der Waals surface area (Å²) in [6.45, 7) is 7.04. The lowest BCUT2D eigenvalue weighted by molar-refractivity contribution is -0.0930. The first kappa shape index (κ1) is 20.7. The van der Waals surface area contributed by atoms with Crippen LogP contribution in [-0.2, 0) is 9.16 Å². The molecule has 0 radical (unpaired) electrons. The first-order valence-electron chi connectivity index (χ1n) is 10.6. The predicted molar refractivity (Wildman–Crippen MR) is 116 cm³/mol. The SMILES string of the molecule is CC(C)(C)[Si](OC[C@@H]1[C@H]2CC(O)O[C@H]2C[C@@H]1F)(c1ccccc1)c1ccccc1. The van der Waals surface area contributed by atoms with E-state index in [1.165, 1.54) is 10.4 Å². The molecule has 1 saturated carbocycles. The summed E-state index contributed by atoms with van der Waals surface area (Å²) < 4.78 is 27.3. The van der Waals surface area contributed by atoms with Crippen LogP contribution < -0.4 is 10.4 Å². The van der Waals surface area contributed by atoms with Crippen molar-refractivity contribution in [3.05, 3.63) is 60.7 Å². The molecule has 0 aromatic heterocycles. The van der Waals surface area contributed by atoms with Crippen molar-refractivity contribution >= 4 is 18.7 Å². The largest absolute Gasteiger partial charge is 0.407 e. The van der Waals surface area contributed by atoms with Gasteiger partial charge in [-0.2, -0.15) is 0 Å². The van der Waals surface area contributed by atoms with Gasteiger partial charge in [-0.25, -0.2) is 4.39 Å². The van der Waals surface area contributed by atoms with Gasteiger partial charge in [0, 0.05) is 25.4 Å². The Morgan fingerprint density at radius 2 is 1.55 bits per heavy atom. The highest BCUT2D eigenvalue weighted by atomic mass is 28.4. The third-order valence-electron chi connectivity index (χ3n) is 6.66. The fourth-order valence-electron chi connectivity index (χ4n) is 5.30. The smallest absolute Gasteiger partial charge is 0.261 e. The quantitative estimate of drug-likeness (QED) is 0.759. The molecule has 5 atom stereocenters. The maximum atomic E-state index is 14.9.